The van der Waals surface area contributed by atoms with Gasteiger partial charge in [0.2, 0.25) is 0 Å². The van der Waals surface area contributed by atoms with Crippen molar-refractivity contribution in [3.05, 3.63) is 51.4 Å². The summed E-state index contributed by atoms with van der Waals surface area (Å²) in [6, 6.07) is 6.13. The van der Waals surface area contributed by atoms with Gasteiger partial charge in [0.1, 0.15) is 5.65 Å². The fraction of sp³-hybridized carbons (Fsp3) is 0.188. The molecule has 0 aliphatic heterocycles. The van der Waals surface area contributed by atoms with E-state index in [1.807, 2.05) is 12.3 Å². The highest BCUT2D eigenvalue weighted by molar-refractivity contribution is 14.1. The second-order valence-electron chi connectivity index (χ2n) is 4.98. The number of pyridine rings is 1. The molecule has 0 unspecified atom stereocenters. The smallest absolute Gasteiger partial charge is 0.346 e. The molecule has 1 aromatic carbocycles. The van der Waals surface area contributed by atoms with E-state index in [1.54, 1.807) is 34.9 Å². The molecule has 0 radical (unpaired) electrons. The molecule has 0 aliphatic carbocycles. The maximum atomic E-state index is 12.8. The van der Waals surface area contributed by atoms with Crippen LogP contribution in [0.3, 0.4) is 0 Å². The molecule has 0 amide bonds. The van der Waals surface area contributed by atoms with E-state index < -0.39 is 11.7 Å². The number of aryl methyl sites for hydroxylation is 1. The van der Waals surface area contributed by atoms with E-state index in [4.69, 9.17) is 0 Å². The normalized spacial score (nSPS) is 12.0. The predicted octanol–water partition coefficient (Wildman–Crippen LogP) is 5.42. The molecule has 0 saturated carbocycles. The van der Waals surface area contributed by atoms with Crippen LogP contribution in [-0.4, -0.2) is 9.97 Å². The summed E-state index contributed by atoms with van der Waals surface area (Å²) in [5.74, 6) is 0. The molecule has 0 atom stereocenters. The number of hydrogen-bond donors (Lipinski definition) is 1. The van der Waals surface area contributed by atoms with Crippen LogP contribution in [0.5, 0.6) is 0 Å². The van der Waals surface area contributed by atoms with Gasteiger partial charge in [-0.15, -0.1) is 0 Å². The number of aromatic amines is 1. The van der Waals surface area contributed by atoms with Crippen molar-refractivity contribution >= 4 is 33.6 Å². The minimum atomic E-state index is -4.33. The van der Waals surface area contributed by atoms with Gasteiger partial charge in [-0.1, -0.05) is 13.0 Å². The lowest BCUT2D eigenvalue weighted by atomic mass is 10.0. The molecule has 0 aliphatic rings. The highest BCUT2D eigenvalue weighted by Crippen LogP contribution is 2.35. The third kappa shape index (κ3) is 2.71. The molecule has 114 valence electrons. The summed E-state index contributed by atoms with van der Waals surface area (Å²) < 4.78 is 38.7. The Morgan fingerprint density at radius 1 is 1.18 bits per heavy atom. The zero-order valence-electron chi connectivity index (χ0n) is 11.6. The minimum absolute atomic E-state index is 0.187. The van der Waals surface area contributed by atoms with E-state index in [9.17, 15) is 13.2 Å². The van der Waals surface area contributed by atoms with E-state index in [1.165, 1.54) is 6.07 Å². The summed E-state index contributed by atoms with van der Waals surface area (Å²) in [5, 5.41) is 1.01. The quantitative estimate of drug-likeness (QED) is 0.556. The van der Waals surface area contributed by atoms with Crippen LogP contribution >= 0.6 is 22.6 Å². The van der Waals surface area contributed by atoms with Crippen molar-refractivity contribution in [3.63, 3.8) is 0 Å². The Kier molecular flexibility index (Phi) is 3.88. The number of nitrogens with one attached hydrogen (secondary N) is 1. The number of benzene rings is 1. The summed E-state index contributed by atoms with van der Waals surface area (Å²) in [7, 11) is 0. The summed E-state index contributed by atoms with van der Waals surface area (Å²) in [6.45, 7) is 2.05. The van der Waals surface area contributed by atoms with Crippen molar-refractivity contribution < 1.29 is 13.2 Å². The molecule has 3 aromatic rings. The molecular weight excluding hydrogens is 404 g/mol. The molecule has 0 saturated heterocycles. The highest BCUT2D eigenvalue weighted by Gasteiger charge is 2.32. The Morgan fingerprint density at radius 2 is 1.95 bits per heavy atom. The van der Waals surface area contributed by atoms with Gasteiger partial charge in [-0.25, -0.2) is 4.98 Å². The van der Waals surface area contributed by atoms with Gasteiger partial charge in [-0.05, 0) is 58.3 Å². The number of rotatable bonds is 2. The third-order valence-electron chi connectivity index (χ3n) is 3.61. The van der Waals surface area contributed by atoms with Crippen molar-refractivity contribution in [2.75, 3.05) is 0 Å². The average molecular weight is 416 g/mol. The van der Waals surface area contributed by atoms with Crippen LogP contribution in [0.25, 0.3) is 22.2 Å². The first kappa shape index (κ1) is 15.3. The van der Waals surface area contributed by atoms with Gasteiger partial charge in [-0.2, -0.15) is 13.2 Å². The van der Waals surface area contributed by atoms with Crippen molar-refractivity contribution in [1.82, 2.24) is 9.97 Å². The second-order valence-corrected chi connectivity index (χ2v) is 6.14. The zero-order valence-corrected chi connectivity index (χ0v) is 13.8. The van der Waals surface area contributed by atoms with Crippen LogP contribution in [0.15, 0.2) is 36.7 Å². The Bertz CT molecular complexity index is 837. The number of aromatic nitrogens is 2. The van der Waals surface area contributed by atoms with Gasteiger partial charge >= 0.3 is 6.18 Å². The van der Waals surface area contributed by atoms with Crippen molar-refractivity contribution in [2.24, 2.45) is 0 Å². The lowest BCUT2D eigenvalue weighted by Gasteiger charge is -2.11. The van der Waals surface area contributed by atoms with Gasteiger partial charge in [-0.3, -0.25) is 0 Å². The van der Waals surface area contributed by atoms with Gasteiger partial charge in [0, 0.05) is 26.9 Å². The van der Waals surface area contributed by atoms with Crippen LogP contribution in [0.4, 0.5) is 13.2 Å². The first-order chi connectivity index (χ1) is 10.4. The Morgan fingerprint density at radius 3 is 2.59 bits per heavy atom. The van der Waals surface area contributed by atoms with Crippen molar-refractivity contribution in [2.45, 2.75) is 19.5 Å². The van der Waals surface area contributed by atoms with E-state index in [0.29, 0.717) is 0 Å². The highest BCUT2D eigenvalue weighted by atomic mass is 127. The van der Waals surface area contributed by atoms with Crippen LogP contribution in [-0.2, 0) is 12.6 Å². The SMILES string of the molecule is CCc1c[nH]c2ncc(-c3ccc(C(F)(F)F)c(I)c3)cc12. The molecule has 6 heteroatoms. The fourth-order valence-corrected chi connectivity index (χ4v) is 3.25. The lowest BCUT2D eigenvalue weighted by molar-refractivity contribution is -0.138. The number of alkyl halides is 3. The molecule has 1 N–H and O–H groups in total. The van der Waals surface area contributed by atoms with Crippen LogP contribution in [0.2, 0.25) is 0 Å². The van der Waals surface area contributed by atoms with Gasteiger partial charge in [0.05, 0.1) is 5.56 Å². The van der Waals surface area contributed by atoms with Gasteiger partial charge in [0.15, 0.2) is 0 Å². The Hall–Kier alpha value is -1.57. The summed E-state index contributed by atoms with van der Waals surface area (Å²) in [6.07, 6.45) is 0.137. The summed E-state index contributed by atoms with van der Waals surface area (Å²) in [5.41, 5.74) is 2.87. The molecular formula is C16H12F3IN2. The zero-order chi connectivity index (χ0) is 15.9. The minimum Gasteiger partial charge on any atom is -0.346 e. The number of hydrogen-bond acceptors (Lipinski definition) is 1. The molecule has 2 heterocycles. The molecule has 0 spiro atoms. The monoisotopic (exact) mass is 416 g/mol. The second kappa shape index (κ2) is 5.57. The number of halogens is 4. The molecule has 0 bridgehead atoms. The summed E-state index contributed by atoms with van der Waals surface area (Å²) in [4.78, 5) is 7.44. The van der Waals surface area contributed by atoms with E-state index in [0.717, 1.165) is 40.2 Å². The van der Waals surface area contributed by atoms with Crippen molar-refractivity contribution in [1.29, 1.82) is 0 Å². The largest absolute Gasteiger partial charge is 0.417 e. The molecule has 2 nitrogen and oxygen atoms in total. The molecule has 3 rings (SSSR count). The van der Waals surface area contributed by atoms with Crippen LogP contribution in [0.1, 0.15) is 18.1 Å². The third-order valence-corrected chi connectivity index (χ3v) is 4.50. The Labute approximate surface area is 138 Å². The standard InChI is InChI=1S/C16H12F3IN2/c1-2-9-7-21-15-12(9)5-11(8-22-15)10-3-4-13(14(20)6-10)16(17,18)19/h3-8H,2H2,1H3,(H,21,22). The molecule has 0 fully saturated rings. The molecule has 22 heavy (non-hydrogen) atoms. The maximum Gasteiger partial charge on any atom is 0.417 e. The predicted molar refractivity (Wildman–Crippen MR) is 88.6 cm³/mol. The van der Waals surface area contributed by atoms with E-state index >= 15 is 0 Å². The van der Waals surface area contributed by atoms with Gasteiger partial charge in [0.25, 0.3) is 0 Å². The van der Waals surface area contributed by atoms with Gasteiger partial charge < -0.3 is 4.98 Å². The van der Waals surface area contributed by atoms with E-state index in [-0.39, 0.29) is 3.57 Å². The topological polar surface area (TPSA) is 28.7 Å². The lowest BCUT2D eigenvalue weighted by Crippen LogP contribution is -2.07. The number of H-pyrrole nitrogens is 1. The van der Waals surface area contributed by atoms with Crippen LogP contribution < -0.4 is 0 Å². The van der Waals surface area contributed by atoms with Crippen molar-refractivity contribution in [3.8, 4) is 11.1 Å². The number of nitrogens with zero attached hydrogens (tertiary/aromatic N) is 1. The first-order valence-corrected chi connectivity index (χ1v) is 7.81. The van der Waals surface area contributed by atoms with Crippen LogP contribution in [0, 0.1) is 3.57 Å². The first-order valence-electron chi connectivity index (χ1n) is 6.73. The average Bonchev–Trinajstić information content (AvgIpc) is 2.87. The number of fused-ring (bicyclic) bond motifs is 1. The maximum absolute atomic E-state index is 12.8. The fourth-order valence-electron chi connectivity index (χ4n) is 2.43. The Balaban J connectivity index is 2.09. The summed E-state index contributed by atoms with van der Waals surface area (Å²) >= 11 is 1.72. The molecule has 2 aromatic heterocycles. The van der Waals surface area contributed by atoms with E-state index in [2.05, 4.69) is 16.9 Å².